The Morgan fingerprint density at radius 1 is 1.43 bits per heavy atom. The number of hydrogen-bond acceptors (Lipinski definition) is 4. The molecule has 1 aromatic carbocycles. The summed E-state index contributed by atoms with van der Waals surface area (Å²) >= 11 is 5.61. The molecule has 21 heavy (non-hydrogen) atoms. The molecular weight excluding hydrogens is 319 g/mol. The highest BCUT2D eigenvalue weighted by molar-refractivity contribution is 7.89. The molecule has 0 heterocycles. The predicted molar refractivity (Wildman–Crippen MR) is 81.1 cm³/mol. The van der Waals surface area contributed by atoms with Gasteiger partial charge in [-0.1, -0.05) is 24.9 Å². The second-order valence-corrected chi connectivity index (χ2v) is 6.98. The molecule has 5 nitrogen and oxygen atoms in total. The number of nitrogen functional groups attached to an aromatic ring is 1. The van der Waals surface area contributed by atoms with Crippen LogP contribution in [-0.2, 0) is 10.0 Å². The van der Waals surface area contributed by atoms with E-state index >= 15 is 0 Å². The molecule has 1 atom stereocenters. The first-order valence-corrected chi connectivity index (χ1v) is 8.53. The van der Waals surface area contributed by atoms with Gasteiger partial charge in [0.1, 0.15) is 4.90 Å². The summed E-state index contributed by atoms with van der Waals surface area (Å²) in [7, 11) is -4.04. The lowest BCUT2D eigenvalue weighted by Gasteiger charge is -2.16. The van der Waals surface area contributed by atoms with E-state index in [0.717, 1.165) is 25.0 Å². The van der Waals surface area contributed by atoms with Crippen molar-refractivity contribution in [3.63, 3.8) is 0 Å². The van der Waals surface area contributed by atoms with Crippen molar-refractivity contribution in [2.75, 3.05) is 18.9 Å². The molecule has 0 aromatic heterocycles. The van der Waals surface area contributed by atoms with E-state index in [1.807, 2.05) is 6.92 Å². The van der Waals surface area contributed by atoms with Crippen molar-refractivity contribution in [2.45, 2.75) is 31.1 Å². The Kier molecular flexibility index (Phi) is 6.86. The largest absolute Gasteiger partial charge is 0.399 e. The molecule has 0 spiro atoms. The predicted octanol–water partition coefficient (Wildman–Crippen LogP) is 2.14. The third-order valence-electron chi connectivity index (χ3n) is 3.10. The van der Waals surface area contributed by atoms with Crippen molar-refractivity contribution in [3.05, 3.63) is 23.0 Å². The number of hydrogen-bond donors (Lipinski definition) is 3. The average molecular weight is 339 g/mol. The summed E-state index contributed by atoms with van der Waals surface area (Å²) in [6, 6.07) is 2.19. The van der Waals surface area contributed by atoms with Crippen LogP contribution in [-0.4, -0.2) is 26.7 Å². The van der Waals surface area contributed by atoms with Gasteiger partial charge in [0.2, 0.25) is 10.0 Å². The molecule has 120 valence electrons. The summed E-state index contributed by atoms with van der Waals surface area (Å²) in [5.41, 5.74) is 5.57. The normalized spacial score (nSPS) is 13.3. The third-order valence-corrected chi connectivity index (χ3v) is 4.80. The van der Waals surface area contributed by atoms with Gasteiger partial charge >= 0.3 is 0 Å². The zero-order valence-electron chi connectivity index (χ0n) is 11.8. The fourth-order valence-electron chi connectivity index (χ4n) is 2.02. The standard InChI is InChI=1S/C13H20ClFN2O3S/c1-2-3-9(4-5-18)8-17-21(19,20)12-7-10(16)6-11(14)13(12)15/h6-7,9,17-18H,2-5,8,16H2,1H3. The van der Waals surface area contributed by atoms with Gasteiger partial charge in [0.25, 0.3) is 0 Å². The molecule has 0 aliphatic rings. The lowest BCUT2D eigenvalue weighted by atomic mass is 10.0. The molecule has 0 saturated carbocycles. The molecule has 4 N–H and O–H groups in total. The van der Waals surface area contributed by atoms with Gasteiger partial charge < -0.3 is 10.8 Å². The number of aliphatic hydroxyl groups excluding tert-OH is 1. The molecule has 0 radical (unpaired) electrons. The van der Waals surface area contributed by atoms with Crippen LogP contribution in [0, 0.1) is 11.7 Å². The van der Waals surface area contributed by atoms with Crippen LogP contribution >= 0.6 is 11.6 Å². The van der Waals surface area contributed by atoms with Crippen molar-refractivity contribution < 1.29 is 17.9 Å². The smallest absolute Gasteiger partial charge is 0.243 e. The van der Waals surface area contributed by atoms with Crippen LogP contribution in [0.15, 0.2) is 17.0 Å². The highest BCUT2D eigenvalue weighted by Crippen LogP contribution is 2.25. The zero-order chi connectivity index (χ0) is 16.0. The van der Waals surface area contributed by atoms with E-state index in [2.05, 4.69) is 4.72 Å². The van der Waals surface area contributed by atoms with E-state index < -0.39 is 20.7 Å². The molecule has 0 aliphatic heterocycles. The number of nitrogens with two attached hydrogens (primary N) is 1. The van der Waals surface area contributed by atoms with Crippen LogP contribution in [0.5, 0.6) is 0 Å². The third kappa shape index (κ3) is 5.10. The first-order chi connectivity index (χ1) is 9.81. The van der Waals surface area contributed by atoms with Crippen molar-refractivity contribution in [2.24, 2.45) is 5.92 Å². The lowest BCUT2D eigenvalue weighted by molar-refractivity contribution is 0.251. The van der Waals surface area contributed by atoms with Gasteiger partial charge in [0.15, 0.2) is 5.82 Å². The Labute approximate surface area is 129 Å². The number of benzene rings is 1. The van der Waals surface area contributed by atoms with Crippen LogP contribution in [0.1, 0.15) is 26.2 Å². The second-order valence-electron chi connectivity index (χ2n) is 4.83. The van der Waals surface area contributed by atoms with Crippen LogP contribution in [0.25, 0.3) is 0 Å². The van der Waals surface area contributed by atoms with Crippen LogP contribution < -0.4 is 10.5 Å². The SMILES string of the molecule is CCCC(CCO)CNS(=O)(=O)c1cc(N)cc(Cl)c1F. The summed E-state index contributed by atoms with van der Waals surface area (Å²) in [6.45, 7) is 2.07. The maximum absolute atomic E-state index is 13.9. The number of rotatable bonds is 8. The summed E-state index contributed by atoms with van der Waals surface area (Å²) in [5.74, 6) is -1.03. The highest BCUT2D eigenvalue weighted by atomic mass is 35.5. The molecule has 0 fully saturated rings. The van der Waals surface area contributed by atoms with E-state index in [-0.39, 0.29) is 29.8 Å². The Hall–Kier alpha value is -0.890. The number of halogens is 2. The number of anilines is 1. The lowest BCUT2D eigenvalue weighted by Crippen LogP contribution is -2.30. The summed E-state index contributed by atoms with van der Waals surface area (Å²) < 4.78 is 40.5. The number of aliphatic hydroxyl groups is 1. The van der Waals surface area contributed by atoms with Crippen molar-refractivity contribution in [1.29, 1.82) is 0 Å². The van der Waals surface area contributed by atoms with Crippen LogP contribution in [0.3, 0.4) is 0 Å². The number of nitrogens with one attached hydrogen (secondary N) is 1. The van der Waals surface area contributed by atoms with E-state index in [9.17, 15) is 12.8 Å². The molecule has 1 aromatic rings. The quantitative estimate of drug-likeness (QED) is 0.633. The van der Waals surface area contributed by atoms with E-state index in [1.54, 1.807) is 0 Å². The topological polar surface area (TPSA) is 92.4 Å². The molecule has 0 amide bonds. The van der Waals surface area contributed by atoms with Gasteiger partial charge in [-0.3, -0.25) is 0 Å². The first-order valence-electron chi connectivity index (χ1n) is 6.66. The van der Waals surface area contributed by atoms with Crippen molar-refractivity contribution >= 4 is 27.3 Å². The fraction of sp³-hybridized carbons (Fsp3) is 0.538. The minimum Gasteiger partial charge on any atom is -0.399 e. The molecule has 8 heteroatoms. The fourth-order valence-corrected chi connectivity index (χ4v) is 3.56. The van der Waals surface area contributed by atoms with Crippen LogP contribution in [0.4, 0.5) is 10.1 Å². The number of sulfonamides is 1. The Bertz CT molecular complexity index is 575. The van der Waals surface area contributed by atoms with E-state index in [1.165, 1.54) is 0 Å². The second kappa shape index (κ2) is 7.93. The zero-order valence-corrected chi connectivity index (χ0v) is 13.3. The van der Waals surface area contributed by atoms with Gasteiger partial charge in [0.05, 0.1) is 5.02 Å². The minimum absolute atomic E-state index is 0.00522. The van der Waals surface area contributed by atoms with Gasteiger partial charge in [-0.05, 0) is 30.9 Å². The maximum atomic E-state index is 13.9. The van der Waals surface area contributed by atoms with Gasteiger partial charge in [0, 0.05) is 18.8 Å². The van der Waals surface area contributed by atoms with Gasteiger partial charge in [-0.15, -0.1) is 0 Å². The van der Waals surface area contributed by atoms with E-state index in [0.29, 0.717) is 6.42 Å². The Morgan fingerprint density at radius 2 is 2.10 bits per heavy atom. The molecule has 0 aliphatic carbocycles. The van der Waals surface area contributed by atoms with E-state index in [4.69, 9.17) is 22.4 Å². The van der Waals surface area contributed by atoms with Crippen molar-refractivity contribution in [1.82, 2.24) is 4.72 Å². The average Bonchev–Trinajstić information content (AvgIpc) is 2.40. The molecule has 1 unspecified atom stereocenters. The van der Waals surface area contributed by atoms with Gasteiger partial charge in [-0.2, -0.15) is 0 Å². The molecule has 0 bridgehead atoms. The minimum atomic E-state index is -4.04. The first kappa shape index (κ1) is 18.2. The monoisotopic (exact) mass is 338 g/mol. The van der Waals surface area contributed by atoms with Crippen LogP contribution in [0.2, 0.25) is 5.02 Å². The van der Waals surface area contributed by atoms with Crippen molar-refractivity contribution in [3.8, 4) is 0 Å². The summed E-state index contributed by atoms with van der Waals surface area (Å²) in [6.07, 6.45) is 2.12. The molecule has 0 saturated heterocycles. The summed E-state index contributed by atoms with van der Waals surface area (Å²) in [5, 5.41) is 8.62. The highest BCUT2D eigenvalue weighted by Gasteiger charge is 2.23. The maximum Gasteiger partial charge on any atom is 0.243 e. The Balaban J connectivity index is 2.91. The summed E-state index contributed by atoms with van der Waals surface area (Å²) in [4.78, 5) is -0.563. The molecule has 1 rings (SSSR count). The Morgan fingerprint density at radius 3 is 2.67 bits per heavy atom. The molecular formula is C13H20ClFN2O3S. The van der Waals surface area contributed by atoms with Gasteiger partial charge in [-0.25, -0.2) is 17.5 Å².